The Hall–Kier alpha value is -0.830. The quantitative estimate of drug-likeness (QED) is 0.807. The predicted molar refractivity (Wildman–Crippen MR) is 73.4 cm³/mol. The van der Waals surface area contributed by atoms with E-state index in [-0.39, 0.29) is 6.10 Å². The van der Waals surface area contributed by atoms with Gasteiger partial charge in [-0.05, 0) is 25.2 Å². The van der Waals surface area contributed by atoms with Crippen molar-refractivity contribution in [3.63, 3.8) is 0 Å². The highest BCUT2D eigenvalue weighted by Crippen LogP contribution is 2.29. The normalized spacial score (nSPS) is 18.3. The minimum Gasteiger partial charge on any atom is -0.393 e. The molecule has 1 aromatic heterocycles. The summed E-state index contributed by atoms with van der Waals surface area (Å²) in [7, 11) is 0. The summed E-state index contributed by atoms with van der Waals surface area (Å²) in [6, 6.07) is 0. The molecule has 0 aromatic carbocycles. The molecule has 1 heterocycles. The molecule has 2 rings (SSSR count). The zero-order valence-electron chi connectivity index (χ0n) is 11.5. The first-order valence-corrected chi connectivity index (χ1v) is 7.47. The van der Waals surface area contributed by atoms with Gasteiger partial charge in [0, 0.05) is 25.4 Å². The maximum Gasteiger partial charge on any atom is 0.111 e. The molecule has 1 aliphatic rings. The van der Waals surface area contributed by atoms with E-state index in [1.54, 1.807) is 0 Å². The van der Waals surface area contributed by atoms with Crippen molar-refractivity contribution in [1.29, 1.82) is 0 Å². The van der Waals surface area contributed by atoms with Crippen LogP contribution in [-0.4, -0.2) is 20.8 Å². The van der Waals surface area contributed by atoms with E-state index in [0.717, 1.165) is 31.1 Å². The zero-order chi connectivity index (χ0) is 12.8. The number of aliphatic hydroxyl groups excluding tert-OH is 1. The van der Waals surface area contributed by atoms with Crippen molar-refractivity contribution in [3.05, 3.63) is 18.2 Å². The Labute approximate surface area is 110 Å². The van der Waals surface area contributed by atoms with Crippen LogP contribution in [0.3, 0.4) is 0 Å². The van der Waals surface area contributed by atoms with Crippen molar-refractivity contribution < 1.29 is 5.11 Å². The van der Waals surface area contributed by atoms with Crippen molar-refractivity contribution in [3.8, 4) is 0 Å². The Kier molecular flexibility index (Phi) is 5.24. The third-order valence-corrected chi connectivity index (χ3v) is 4.07. The van der Waals surface area contributed by atoms with Crippen molar-refractivity contribution in [1.82, 2.24) is 9.55 Å². The van der Waals surface area contributed by atoms with Gasteiger partial charge in [0.15, 0.2) is 0 Å². The number of imidazole rings is 1. The Balaban J connectivity index is 1.75. The van der Waals surface area contributed by atoms with Crippen molar-refractivity contribution >= 4 is 0 Å². The van der Waals surface area contributed by atoms with Gasteiger partial charge in [0.1, 0.15) is 5.82 Å². The van der Waals surface area contributed by atoms with Crippen molar-refractivity contribution in [2.45, 2.75) is 70.9 Å². The maximum atomic E-state index is 10.1. The average molecular weight is 250 g/mol. The Morgan fingerprint density at radius 3 is 2.94 bits per heavy atom. The highest BCUT2D eigenvalue weighted by molar-refractivity contribution is 4.94. The van der Waals surface area contributed by atoms with Gasteiger partial charge in [0.2, 0.25) is 0 Å². The third-order valence-electron chi connectivity index (χ3n) is 4.07. The highest BCUT2D eigenvalue weighted by Gasteiger charge is 2.17. The largest absolute Gasteiger partial charge is 0.393 e. The lowest BCUT2D eigenvalue weighted by atomic mass is 9.98. The molecule has 18 heavy (non-hydrogen) atoms. The molecule has 3 nitrogen and oxygen atoms in total. The molecule has 0 aliphatic heterocycles. The molecule has 0 radical (unpaired) electrons. The molecule has 0 bridgehead atoms. The van der Waals surface area contributed by atoms with E-state index in [1.807, 2.05) is 12.4 Å². The van der Waals surface area contributed by atoms with E-state index in [2.05, 4.69) is 16.5 Å². The standard InChI is InChI=1S/C15H26N2O/c1-2-10-17-11-9-16-15(17)12-14(18)8-7-13-5-3-4-6-13/h9,11,13-14,18H,2-8,10,12H2,1H3. The summed E-state index contributed by atoms with van der Waals surface area (Å²) in [5.41, 5.74) is 0. The van der Waals surface area contributed by atoms with Gasteiger partial charge in [-0.2, -0.15) is 0 Å². The molecular weight excluding hydrogens is 224 g/mol. The Bertz CT molecular complexity index is 342. The molecule has 1 fully saturated rings. The van der Waals surface area contributed by atoms with E-state index in [1.165, 1.54) is 32.1 Å². The second-order valence-electron chi connectivity index (χ2n) is 5.62. The summed E-state index contributed by atoms with van der Waals surface area (Å²) >= 11 is 0. The number of aliphatic hydroxyl groups is 1. The van der Waals surface area contributed by atoms with Crippen LogP contribution in [0.1, 0.15) is 57.7 Å². The van der Waals surface area contributed by atoms with E-state index in [9.17, 15) is 5.11 Å². The van der Waals surface area contributed by atoms with E-state index >= 15 is 0 Å². The van der Waals surface area contributed by atoms with Crippen LogP contribution in [-0.2, 0) is 13.0 Å². The number of rotatable bonds is 7. The molecule has 0 spiro atoms. The Morgan fingerprint density at radius 2 is 2.22 bits per heavy atom. The van der Waals surface area contributed by atoms with Crippen molar-refractivity contribution in [2.24, 2.45) is 5.92 Å². The average Bonchev–Trinajstić information content (AvgIpc) is 2.99. The predicted octanol–water partition coefficient (Wildman–Crippen LogP) is 3.17. The van der Waals surface area contributed by atoms with Gasteiger partial charge >= 0.3 is 0 Å². The zero-order valence-corrected chi connectivity index (χ0v) is 11.5. The monoisotopic (exact) mass is 250 g/mol. The first kappa shape index (κ1) is 13.6. The third kappa shape index (κ3) is 3.84. The minimum atomic E-state index is -0.219. The number of nitrogens with zero attached hydrogens (tertiary/aromatic N) is 2. The molecule has 1 saturated carbocycles. The van der Waals surface area contributed by atoms with Crippen LogP contribution in [0.15, 0.2) is 12.4 Å². The van der Waals surface area contributed by atoms with E-state index < -0.39 is 0 Å². The summed E-state index contributed by atoms with van der Waals surface area (Å²) in [6.45, 7) is 3.17. The second-order valence-corrected chi connectivity index (χ2v) is 5.62. The maximum absolute atomic E-state index is 10.1. The lowest BCUT2D eigenvalue weighted by Crippen LogP contribution is -2.16. The summed E-state index contributed by atoms with van der Waals surface area (Å²) in [5.74, 6) is 1.91. The van der Waals surface area contributed by atoms with Gasteiger partial charge in [-0.15, -0.1) is 0 Å². The lowest BCUT2D eigenvalue weighted by Gasteiger charge is -2.14. The molecular formula is C15H26N2O. The molecule has 1 aliphatic carbocycles. The van der Waals surface area contributed by atoms with Crippen LogP contribution in [0.2, 0.25) is 0 Å². The van der Waals surface area contributed by atoms with Crippen LogP contribution in [0.4, 0.5) is 0 Å². The smallest absolute Gasteiger partial charge is 0.111 e. The molecule has 102 valence electrons. The summed E-state index contributed by atoms with van der Waals surface area (Å²) < 4.78 is 2.17. The molecule has 1 N–H and O–H groups in total. The first-order valence-electron chi connectivity index (χ1n) is 7.47. The van der Waals surface area contributed by atoms with E-state index in [4.69, 9.17) is 0 Å². The second kappa shape index (κ2) is 6.93. The fourth-order valence-corrected chi connectivity index (χ4v) is 3.01. The van der Waals surface area contributed by atoms with Gasteiger partial charge in [-0.25, -0.2) is 4.98 Å². The lowest BCUT2D eigenvalue weighted by molar-refractivity contribution is 0.151. The SMILES string of the molecule is CCCn1ccnc1CC(O)CCC1CCCC1. The van der Waals surface area contributed by atoms with Gasteiger partial charge in [-0.1, -0.05) is 32.6 Å². The van der Waals surface area contributed by atoms with Crippen LogP contribution in [0.5, 0.6) is 0 Å². The molecule has 1 aromatic rings. The molecule has 0 saturated heterocycles. The Morgan fingerprint density at radius 1 is 1.44 bits per heavy atom. The highest BCUT2D eigenvalue weighted by atomic mass is 16.3. The summed E-state index contributed by atoms with van der Waals surface area (Å²) in [5, 5.41) is 10.1. The minimum absolute atomic E-state index is 0.219. The summed E-state index contributed by atoms with van der Waals surface area (Å²) in [4.78, 5) is 4.36. The number of hydrogen-bond acceptors (Lipinski definition) is 2. The molecule has 0 amide bonds. The van der Waals surface area contributed by atoms with Gasteiger partial charge < -0.3 is 9.67 Å². The molecule has 1 atom stereocenters. The number of hydrogen-bond donors (Lipinski definition) is 1. The van der Waals surface area contributed by atoms with Crippen LogP contribution < -0.4 is 0 Å². The van der Waals surface area contributed by atoms with E-state index in [0.29, 0.717) is 6.42 Å². The number of aromatic nitrogens is 2. The summed E-state index contributed by atoms with van der Waals surface area (Å²) in [6.07, 6.45) is 13.1. The van der Waals surface area contributed by atoms with Crippen LogP contribution >= 0.6 is 0 Å². The fourth-order valence-electron chi connectivity index (χ4n) is 3.01. The van der Waals surface area contributed by atoms with Gasteiger partial charge in [0.05, 0.1) is 6.10 Å². The molecule has 3 heteroatoms. The molecule has 1 unspecified atom stereocenters. The first-order chi connectivity index (χ1) is 8.79. The van der Waals surface area contributed by atoms with Gasteiger partial charge in [0.25, 0.3) is 0 Å². The van der Waals surface area contributed by atoms with Crippen LogP contribution in [0, 0.1) is 5.92 Å². The van der Waals surface area contributed by atoms with Gasteiger partial charge in [-0.3, -0.25) is 0 Å². The fraction of sp³-hybridized carbons (Fsp3) is 0.800. The topological polar surface area (TPSA) is 38.0 Å². The van der Waals surface area contributed by atoms with Crippen LogP contribution in [0.25, 0.3) is 0 Å². The van der Waals surface area contributed by atoms with Crippen molar-refractivity contribution in [2.75, 3.05) is 0 Å². The number of aryl methyl sites for hydroxylation is 1.